The fourth-order valence-corrected chi connectivity index (χ4v) is 3.35. The Morgan fingerprint density at radius 3 is 2.26 bits per heavy atom. The monoisotopic (exact) mass is 416 g/mol. The molecule has 0 radical (unpaired) electrons. The maximum absolute atomic E-state index is 5.92. The van der Waals surface area contributed by atoms with Crippen LogP contribution in [-0.4, -0.2) is 42.3 Å². The van der Waals surface area contributed by atoms with Crippen LogP contribution in [0.2, 0.25) is 0 Å². The van der Waals surface area contributed by atoms with Gasteiger partial charge in [-0.15, -0.1) is 0 Å². The van der Waals surface area contributed by atoms with Crippen LogP contribution in [0.25, 0.3) is 22.3 Å². The van der Waals surface area contributed by atoms with Crippen LogP contribution in [0.3, 0.4) is 0 Å². The minimum absolute atomic E-state index is 0.464. The Hall–Kier alpha value is -3.91. The van der Waals surface area contributed by atoms with Gasteiger partial charge in [-0.25, -0.2) is 9.97 Å². The highest BCUT2D eigenvalue weighted by Crippen LogP contribution is 2.33. The van der Waals surface area contributed by atoms with E-state index in [-0.39, 0.29) is 0 Å². The number of nitrogen functional groups attached to an aromatic ring is 1. The van der Waals surface area contributed by atoms with E-state index >= 15 is 0 Å². The summed E-state index contributed by atoms with van der Waals surface area (Å²) in [5, 5.41) is 0. The molecule has 4 aromatic rings. The van der Waals surface area contributed by atoms with E-state index in [2.05, 4.69) is 14.9 Å². The highest BCUT2D eigenvalue weighted by molar-refractivity contribution is 5.82. The molecule has 158 valence electrons. The molecule has 0 bridgehead atoms. The number of anilines is 3. The Bertz CT molecular complexity index is 1170. The Morgan fingerprint density at radius 2 is 1.61 bits per heavy atom. The van der Waals surface area contributed by atoms with E-state index in [1.165, 1.54) is 0 Å². The SMILES string of the molecule is COc1cc(OC)cc(N(CCN)c2ccc3ncc(-c4ccc(N)nc4)nc3c2)c1. The van der Waals surface area contributed by atoms with Crippen LogP contribution in [-0.2, 0) is 0 Å². The smallest absolute Gasteiger partial charge is 0.124 e. The highest BCUT2D eigenvalue weighted by atomic mass is 16.5. The molecule has 0 aliphatic carbocycles. The van der Waals surface area contributed by atoms with Crippen LogP contribution in [0.5, 0.6) is 11.5 Å². The molecule has 0 amide bonds. The van der Waals surface area contributed by atoms with Crippen LogP contribution in [0, 0.1) is 0 Å². The number of fused-ring (bicyclic) bond motifs is 1. The van der Waals surface area contributed by atoms with Crippen LogP contribution >= 0.6 is 0 Å². The first-order chi connectivity index (χ1) is 15.1. The van der Waals surface area contributed by atoms with Crippen LogP contribution in [0.15, 0.2) is 60.9 Å². The van der Waals surface area contributed by atoms with Gasteiger partial charge in [-0.2, -0.15) is 0 Å². The molecule has 4 rings (SSSR count). The minimum Gasteiger partial charge on any atom is -0.497 e. The summed E-state index contributed by atoms with van der Waals surface area (Å²) in [7, 11) is 3.26. The predicted octanol–water partition coefficient (Wildman–Crippen LogP) is 3.39. The average Bonchev–Trinajstić information content (AvgIpc) is 2.82. The molecule has 0 saturated carbocycles. The number of nitrogens with two attached hydrogens (primary N) is 2. The molecule has 0 aliphatic rings. The average molecular weight is 416 g/mol. The van der Waals surface area contributed by atoms with Gasteiger partial charge in [0.2, 0.25) is 0 Å². The number of ether oxygens (including phenoxy) is 2. The molecule has 31 heavy (non-hydrogen) atoms. The third kappa shape index (κ3) is 4.34. The molecule has 0 atom stereocenters. The first-order valence-corrected chi connectivity index (χ1v) is 9.80. The Morgan fingerprint density at radius 1 is 0.839 bits per heavy atom. The molecular formula is C23H24N6O2. The zero-order valence-electron chi connectivity index (χ0n) is 17.4. The van der Waals surface area contributed by atoms with E-state index in [0.29, 0.717) is 30.4 Å². The molecule has 0 spiro atoms. The van der Waals surface area contributed by atoms with Gasteiger partial charge in [0.15, 0.2) is 0 Å². The lowest BCUT2D eigenvalue weighted by molar-refractivity contribution is 0.394. The van der Waals surface area contributed by atoms with Gasteiger partial charge in [-0.3, -0.25) is 4.98 Å². The molecule has 0 aliphatic heterocycles. The van der Waals surface area contributed by atoms with E-state index in [4.69, 9.17) is 25.9 Å². The summed E-state index contributed by atoms with van der Waals surface area (Å²) in [5.74, 6) is 1.87. The summed E-state index contributed by atoms with van der Waals surface area (Å²) in [4.78, 5) is 15.6. The second kappa shape index (κ2) is 8.85. The molecule has 2 aromatic carbocycles. The standard InChI is InChI=1S/C23H24N6O2/c1-30-18-9-17(10-19(12-18)31-2)29(8-7-24)16-4-5-20-21(11-16)28-22(14-26-20)15-3-6-23(25)27-13-15/h3-6,9-14H,7-8,24H2,1-2H3,(H2,25,27). The summed E-state index contributed by atoms with van der Waals surface area (Å²) in [6.07, 6.45) is 3.43. The van der Waals surface area contributed by atoms with Gasteiger partial charge in [-0.1, -0.05) is 0 Å². The van der Waals surface area contributed by atoms with Crippen LogP contribution in [0.1, 0.15) is 0 Å². The number of hydrogen-bond acceptors (Lipinski definition) is 8. The van der Waals surface area contributed by atoms with Crippen molar-refractivity contribution in [3.05, 3.63) is 60.9 Å². The first kappa shape index (κ1) is 20.4. The zero-order valence-corrected chi connectivity index (χ0v) is 17.4. The van der Waals surface area contributed by atoms with Crippen molar-refractivity contribution < 1.29 is 9.47 Å². The lowest BCUT2D eigenvalue weighted by Gasteiger charge is -2.25. The zero-order chi connectivity index (χ0) is 21.8. The summed E-state index contributed by atoms with van der Waals surface area (Å²) in [6.45, 7) is 1.08. The van der Waals surface area contributed by atoms with E-state index in [9.17, 15) is 0 Å². The number of pyridine rings is 1. The van der Waals surface area contributed by atoms with Crippen molar-refractivity contribution >= 4 is 28.2 Å². The normalized spacial score (nSPS) is 10.8. The summed E-state index contributed by atoms with van der Waals surface area (Å²) in [6, 6.07) is 15.3. The molecular weight excluding hydrogens is 392 g/mol. The summed E-state index contributed by atoms with van der Waals surface area (Å²) < 4.78 is 10.9. The van der Waals surface area contributed by atoms with Crippen LogP contribution in [0.4, 0.5) is 17.2 Å². The van der Waals surface area contributed by atoms with Crippen molar-refractivity contribution in [1.29, 1.82) is 0 Å². The molecule has 0 fully saturated rings. The number of rotatable bonds is 7. The lowest BCUT2D eigenvalue weighted by Crippen LogP contribution is -2.24. The molecule has 0 saturated heterocycles. The third-order valence-electron chi connectivity index (χ3n) is 4.92. The molecule has 4 N–H and O–H groups in total. The highest BCUT2D eigenvalue weighted by Gasteiger charge is 2.14. The second-order valence-electron chi connectivity index (χ2n) is 6.91. The molecule has 8 nitrogen and oxygen atoms in total. The van der Waals surface area contributed by atoms with Gasteiger partial charge < -0.3 is 25.8 Å². The topological polar surface area (TPSA) is 112 Å². The number of hydrogen-bond donors (Lipinski definition) is 2. The summed E-state index contributed by atoms with van der Waals surface area (Å²) >= 11 is 0. The van der Waals surface area contributed by atoms with Crippen molar-refractivity contribution in [2.75, 3.05) is 37.9 Å². The lowest BCUT2D eigenvalue weighted by atomic mass is 10.1. The second-order valence-corrected chi connectivity index (χ2v) is 6.91. The number of aromatic nitrogens is 3. The summed E-state index contributed by atoms with van der Waals surface area (Å²) in [5.41, 5.74) is 16.6. The first-order valence-electron chi connectivity index (χ1n) is 9.80. The van der Waals surface area contributed by atoms with Gasteiger partial charge in [0.25, 0.3) is 0 Å². The van der Waals surface area contributed by atoms with Crippen molar-refractivity contribution in [3.8, 4) is 22.8 Å². The maximum atomic E-state index is 5.92. The molecule has 0 unspecified atom stereocenters. The van der Waals surface area contributed by atoms with Crippen molar-refractivity contribution in [2.24, 2.45) is 5.73 Å². The Kier molecular flexibility index (Phi) is 5.81. The molecule has 8 heteroatoms. The van der Waals surface area contributed by atoms with Crippen LogP contribution < -0.4 is 25.8 Å². The van der Waals surface area contributed by atoms with Gasteiger partial charge in [0, 0.05) is 54.4 Å². The number of nitrogens with zero attached hydrogens (tertiary/aromatic N) is 4. The van der Waals surface area contributed by atoms with Gasteiger partial charge in [0.1, 0.15) is 17.3 Å². The largest absolute Gasteiger partial charge is 0.497 e. The van der Waals surface area contributed by atoms with E-state index in [1.807, 2.05) is 42.5 Å². The maximum Gasteiger partial charge on any atom is 0.124 e. The minimum atomic E-state index is 0.464. The van der Waals surface area contributed by atoms with Crippen molar-refractivity contribution in [1.82, 2.24) is 15.0 Å². The quantitative estimate of drug-likeness (QED) is 0.471. The Balaban J connectivity index is 1.78. The van der Waals surface area contributed by atoms with Gasteiger partial charge in [-0.05, 0) is 30.3 Å². The molecule has 2 heterocycles. The predicted molar refractivity (Wildman–Crippen MR) is 123 cm³/mol. The van der Waals surface area contributed by atoms with Crippen molar-refractivity contribution in [3.63, 3.8) is 0 Å². The van der Waals surface area contributed by atoms with Gasteiger partial charge in [0.05, 0.1) is 37.1 Å². The van der Waals surface area contributed by atoms with E-state index in [0.717, 1.165) is 33.7 Å². The van der Waals surface area contributed by atoms with E-state index in [1.54, 1.807) is 32.7 Å². The van der Waals surface area contributed by atoms with Gasteiger partial charge >= 0.3 is 0 Å². The van der Waals surface area contributed by atoms with E-state index < -0.39 is 0 Å². The van der Waals surface area contributed by atoms with Crippen molar-refractivity contribution in [2.45, 2.75) is 0 Å². The fourth-order valence-electron chi connectivity index (χ4n) is 3.35. The third-order valence-corrected chi connectivity index (χ3v) is 4.92. The molecule has 2 aromatic heterocycles. The number of benzene rings is 2. The number of methoxy groups -OCH3 is 2. The fraction of sp³-hybridized carbons (Fsp3) is 0.174. The Labute approximate surface area is 180 Å².